The molecule has 0 aromatic heterocycles. The topological polar surface area (TPSA) is 88.1 Å². The molecule has 0 aliphatic carbocycles. The Morgan fingerprint density at radius 3 is 2.96 bits per heavy atom. The van der Waals surface area contributed by atoms with Crippen molar-refractivity contribution in [3.05, 3.63) is 29.8 Å². The first-order chi connectivity index (χ1) is 11.9. The van der Waals surface area contributed by atoms with Crippen molar-refractivity contribution in [1.29, 1.82) is 0 Å². The molecule has 7 heteroatoms. The summed E-state index contributed by atoms with van der Waals surface area (Å²) in [6.07, 6.45) is 0.562. The highest BCUT2D eigenvalue weighted by molar-refractivity contribution is 5.77. The van der Waals surface area contributed by atoms with Crippen LogP contribution in [0.1, 0.15) is 18.9 Å². The first-order valence-electron chi connectivity index (χ1n) is 8.37. The van der Waals surface area contributed by atoms with E-state index in [1.54, 1.807) is 7.11 Å². The van der Waals surface area contributed by atoms with Crippen LogP contribution in [0.25, 0.3) is 0 Å². The average Bonchev–Trinajstić information content (AvgIpc) is 2.77. The van der Waals surface area contributed by atoms with Gasteiger partial charge in [0.2, 0.25) is 11.8 Å². The summed E-state index contributed by atoms with van der Waals surface area (Å²) in [4.78, 5) is 25.2. The minimum absolute atomic E-state index is 0.0418. The van der Waals surface area contributed by atoms with E-state index in [2.05, 4.69) is 5.32 Å². The Morgan fingerprint density at radius 2 is 2.24 bits per heavy atom. The van der Waals surface area contributed by atoms with Gasteiger partial charge in [0.25, 0.3) is 0 Å². The Morgan fingerprint density at radius 1 is 1.44 bits per heavy atom. The van der Waals surface area contributed by atoms with Gasteiger partial charge in [0.1, 0.15) is 11.4 Å². The highest BCUT2D eigenvalue weighted by atomic mass is 16.5. The van der Waals surface area contributed by atoms with Crippen LogP contribution in [0, 0.1) is 0 Å². The number of carbonyl (C=O) groups excluding carboxylic acids is 2. The second-order valence-corrected chi connectivity index (χ2v) is 6.35. The SMILES string of the molecule is COc1cccc(CCNC(=O)C[C@@]2(O)COCCN(C(C)=O)C2)c1. The molecule has 2 rings (SSSR count). The quantitative estimate of drug-likeness (QED) is 0.773. The molecule has 0 spiro atoms. The monoisotopic (exact) mass is 350 g/mol. The Labute approximate surface area is 147 Å². The molecule has 25 heavy (non-hydrogen) atoms. The fraction of sp³-hybridized carbons (Fsp3) is 0.556. The van der Waals surface area contributed by atoms with Crippen LogP contribution < -0.4 is 10.1 Å². The lowest BCUT2D eigenvalue weighted by atomic mass is 9.99. The molecule has 1 saturated heterocycles. The molecule has 0 bridgehead atoms. The maximum absolute atomic E-state index is 12.2. The number of hydrogen-bond donors (Lipinski definition) is 2. The minimum atomic E-state index is -1.36. The summed E-state index contributed by atoms with van der Waals surface area (Å²) < 4.78 is 10.5. The molecule has 138 valence electrons. The van der Waals surface area contributed by atoms with Crippen LogP contribution in [0.3, 0.4) is 0 Å². The average molecular weight is 350 g/mol. The third-order valence-electron chi connectivity index (χ3n) is 4.17. The molecule has 1 heterocycles. The zero-order valence-electron chi connectivity index (χ0n) is 14.8. The van der Waals surface area contributed by atoms with Crippen molar-refractivity contribution in [2.45, 2.75) is 25.4 Å². The Kier molecular flexibility index (Phi) is 6.78. The van der Waals surface area contributed by atoms with Gasteiger partial charge in [-0.15, -0.1) is 0 Å². The van der Waals surface area contributed by atoms with E-state index < -0.39 is 5.60 Å². The van der Waals surface area contributed by atoms with Gasteiger partial charge in [-0.3, -0.25) is 9.59 Å². The maximum atomic E-state index is 12.2. The van der Waals surface area contributed by atoms with Gasteiger partial charge in [0.05, 0.1) is 33.3 Å². The number of rotatable bonds is 6. The van der Waals surface area contributed by atoms with Gasteiger partial charge < -0.3 is 24.8 Å². The van der Waals surface area contributed by atoms with Crippen molar-refractivity contribution in [2.75, 3.05) is 40.0 Å². The summed E-state index contributed by atoms with van der Waals surface area (Å²) in [7, 11) is 1.61. The number of nitrogens with zero attached hydrogens (tertiary/aromatic N) is 1. The van der Waals surface area contributed by atoms with E-state index >= 15 is 0 Å². The second kappa shape index (κ2) is 8.82. The zero-order chi connectivity index (χ0) is 18.3. The number of aliphatic hydroxyl groups is 1. The third kappa shape index (κ3) is 6.03. The predicted molar refractivity (Wildman–Crippen MR) is 92.3 cm³/mol. The Bertz CT molecular complexity index is 607. The summed E-state index contributed by atoms with van der Waals surface area (Å²) in [6.45, 7) is 2.83. The van der Waals surface area contributed by atoms with E-state index in [4.69, 9.17) is 9.47 Å². The molecule has 2 amide bonds. The van der Waals surface area contributed by atoms with Crippen LogP contribution in [0.5, 0.6) is 5.75 Å². The van der Waals surface area contributed by atoms with E-state index in [1.165, 1.54) is 11.8 Å². The van der Waals surface area contributed by atoms with Crippen molar-refractivity contribution in [1.82, 2.24) is 10.2 Å². The molecule has 0 saturated carbocycles. The summed E-state index contributed by atoms with van der Waals surface area (Å²) in [6, 6.07) is 7.65. The van der Waals surface area contributed by atoms with Crippen molar-refractivity contribution >= 4 is 11.8 Å². The van der Waals surface area contributed by atoms with Crippen LogP contribution in [0.2, 0.25) is 0 Å². The van der Waals surface area contributed by atoms with Crippen LogP contribution in [0.4, 0.5) is 0 Å². The highest BCUT2D eigenvalue weighted by Gasteiger charge is 2.35. The van der Waals surface area contributed by atoms with Gasteiger partial charge in [0, 0.05) is 20.0 Å². The van der Waals surface area contributed by atoms with Gasteiger partial charge >= 0.3 is 0 Å². The van der Waals surface area contributed by atoms with Crippen LogP contribution in [-0.4, -0.2) is 67.4 Å². The lowest BCUT2D eigenvalue weighted by Gasteiger charge is -2.29. The lowest BCUT2D eigenvalue weighted by molar-refractivity contribution is -0.136. The van der Waals surface area contributed by atoms with Crippen LogP contribution >= 0.6 is 0 Å². The molecule has 7 nitrogen and oxygen atoms in total. The van der Waals surface area contributed by atoms with Gasteiger partial charge in [-0.1, -0.05) is 12.1 Å². The first-order valence-corrected chi connectivity index (χ1v) is 8.37. The summed E-state index contributed by atoms with van der Waals surface area (Å²) in [5, 5.41) is 13.4. The lowest BCUT2D eigenvalue weighted by Crippen LogP contribution is -2.48. The van der Waals surface area contributed by atoms with Gasteiger partial charge in [-0.05, 0) is 24.1 Å². The summed E-state index contributed by atoms with van der Waals surface area (Å²) in [5.74, 6) is 0.375. The van der Waals surface area contributed by atoms with Gasteiger partial charge in [-0.25, -0.2) is 0 Å². The van der Waals surface area contributed by atoms with Gasteiger partial charge in [-0.2, -0.15) is 0 Å². The highest BCUT2D eigenvalue weighted by Crippen LogP contribution is 2.17. The number of amides is 2. The van der Waals surface area contributed by atoms with E-state index in [1.807, 2.05) is 24.3 Å². The van der Waals surface area contributed by atoms with Gasteiger partial charge in [0.15, 0.2) is 0 Å². The van der Waals surface area contributed by atoms with E-state index in [9.17, 15) is 14.7 Å². The molecule has 0 radical (unpaired) electrons. The normalized spacial score (nSPS) is 20.7. The van der Waals surface area contributed by atoms with E-state index in [0.717, 1.165) is 11.3 Å². The molecular weight excluding hydrogens is 324 g/mol. The van der Waals surface area contributed by atoms with Crippen molar-refractivity contribution in [2.24, 2.45) is 0 Å². The number of carbonyl (C=O) groups is 2. The van der Waals surface area contributed by atoms with Crippen molar-refractivity contribution in [3.63, 3.8) is 0 Å². The minimum Gasteiger partial charge on any atom is -0.497 e. The largest absolute Gasteiger partial charge is 0.497 e. The van der Waals surface area contributed by atoms with E-state index in [-0.39, 0.29) is 31.4 Å². The zero-order valence-corrected chi connectivity index (χ0v) is 14.8. The number of ether oxygens (including phenoxy) is 2. The standard InChI is InChI=1S/C18H26N2O5/c1-14(21)20-8-9-25-13-18(23,12-20)11-17(22)19-7-6-15-4-3-5-16(10-15)24-2/h3-5,10,23H,6-9,11-13H2,1-2H3,(H,19,22)/t18-/m0/s1. The predicted octanol–water partition coefficient (Wildman–Crippen LogP) is 0.354. The number of methoxy groups -OCH3 is 1. The smallest absolute Gasteiger partial charge is 0.223 e. The number of nitrogens with one attached hydrogen (secondary N) is 1. The number of benzene rings is 1. The Hall–Kier alpha value is -2.12. The van der Waals surface area contributed by atoms with Crippen molar-refractivity contribution in [3.8, 4) is 5.75 Å². The van der Waals surface area contributed by atoms with E-state index in [0.29, 0.717) is 26.1 Å². The fourth-order valence-corrected chi connectivity index (χ4v) is 2.83. The molecule has 1 aromatic carbocycles. The Balaban J connectivity index is 1.82. The molecule has 1 atom stereocenters. The first kappa shape index (κ1) is 19.2. The molecule has 1 aliphatic heterocycles. The summed E-state index contributed by atoms with van der Waals surface area (Å²) in [5.41, 5.74) is -0.304. The van der Waals surface area contributed by atoms with Crippen LogP contribution in [0.15, 0.2) is 24.3 Å². The van der Waals surface area contributed by atoms with Crippen molar-refractivity contribution < 1.29 is 24.2 Å². The fourth-order valence-electron chi connectivity index (χ4n) is 2.83. The molecule has 1 aliphatic rings. The number of β-amino-alcohol motifs (C(OH)–C–C–N with tert-alkyl or cyclic N) is 1. The molecule has 2 N–H and O–H groups in total. The second-order valence-electron chi connectivity index (χ2n) is 6.35. The summed E-state index contributed by atoms with van der Waals surface area (Å²) >= 11 is 0. The third-order valence-corrected chi connectivity index (χ3v) is 4.17. The molecule has 0 unspecified atom stereocenters. The molecular formula is C18H26N2O5. The maximum Gasteiger partial charge on any atom is 0.223 e. The molecule has 1 aromatic rings. The van der Waals surface area contributed by atoms with Crippen LogP contribution in [-0.2, 0) is 20.7 Å². The number of hydrogen-bond acceptors (Lipinski definition) is 5. The molecule has 1 fully saturated rings.